The highest BCUT2D eigenvalue weighted by molar-refractivity contribution is 14.0. The molecule has 182 valence electrons. The number of methoxy groups -OCH3 is 1. The van der Waals surface area contributed by atoms with Crippen LogP contribution < -0.4 is 15.4 Å². The maximum Gasteiger partial charge on any atom is 0.192 e. The van der Waals surface area contributed by atoms with Crippen LogP contribution in [0.25, 0.3) is 0 Å². The first kappa shape index (κ1) is 25.7. The molecule has 1 aromatic heterocycles. The van der Waals surface area contributed by atoms with Crippen molar-refractivity contribution in [3.05, 3.63) is 41.5 Å². The topological polar surface area (TPSA) is 85.6 Å². The largest absolute Gasteiger partial charge is 0.497 e. The van der Waals surface area contributed by atoms with E-state index in [0.717, 1.165) is 48.4 Å². The molecule has 2 aromatic rings. The molecular formula is C24H37IN6O2. The summed E-state index contributed by atoms with van der Waals surface area (Å²) in [6.07, 6.45) is 8.26. The number of halogens is 1. The highest BCUT2D eigenvalue weighted by atomic mass is 127. The molecule has 2 aliphatic rings. The van der Waals surface area contributed by atoms with Gasteiger partial charge in [0.2, 0.25) is 0 Å². The summed E-state index contributed by atoms with van der Waals surface area (Å²) in [4.78, 5) is 4.88. The van der Waals surface area contributed by atoms with E-state index in [0.29, 0.717) is 19.1 Å². The van der Waals surface area contributed by atoms with E-state index in [1.54, 1.807) is 7.11 Å². The Labute approximate surface area is 214 Å². The number of aryl methyl sites for hydroxylation is 1. The normalized spacial score (nSPS) is 20.2. The van der Waals surface area contributed by atoms with Gasteiger partial charge in [-0.05, 0) is 50.3 Å². The molecule has 2 heterocycles. The molecule has 9 heteroatoms. The molecule has 2 fully saturated rings. The first-order chi connectivity index (χ1) is 15.6. The van der Waals surface area contributed by atoms with Crippen molar-refractivity contribution in [2.75, 3.05) is 13.7 Å². The van der Waals surface area contributed by atoms with Crippen LogP contribution >= 0.6 is 24.0 Å². The maximum atomic E-state index is 6.28. The minimum absolute atomic E-state index is 0. The zero-order valence-electron chi connectivity index (χ0n) is 20.0. The number of aromatic nitrogens is 3. The fourth-order valence-electron chi connectivity index (χ4n) is 4.71. The highest BCUT2D eigenvalue weighted by Crippen LogP contribution is 2.38. The van der Waals surface area contributed by atoms with Crippen molar-refractivity contribution in [1.29, 1.82) is 0 Å². The van der Waals surface area contributed by atoms with Gasteiger partial charge in [0, 0.05) is 19.7 Å². The van der Waals surface area contributed by atoms with Gasteiger partial charge < -0.3 is 24.7 Å². The number of hydrogen-bond acceptors (Lipinski definition) is 5. The van der Waals surface area contributed by atoms with Crippen molar-refractivity contribution < 1.29 is 9.47 Å². The van der Waals surface area contributed by atoms with Crippen molar-refractivity contribution in [3.8, 4) is 5.75 Å². The summed E-state index contributed by atoms with van der Waals surface area (Å²) in [5.41, 5.74) is 1.19. The predicted octanol–water partition coefficient (Wildman–Crippen LogP) is 3.87. The zero-order chi connectivity index (χ0) is 22.4. The fraction of sp³-hybridized carbons (Fsp3) is 0.625. The van der Waals surface area contributed by atoms with E-state index >= 15 is 0 Å². The molecule has 1 saturated heterocycles. The third-order valence-electron chi connectivity index (χ3n) is 6.77. The number of aliphatic imine (C=N–C) groups is 1. The van der Waals surface area contributed by atoms with E-state index in [2.05, 4.69) is 33.0 Å². The molecule has 0 bridgehead atoms. The minimum Gasteiger partial charge on any atom is -0.497 e. The van der Waals surface area contributed by atoms with Crippen LogP contribution in [0.3, 0.4) is 0 Å². The number of nitrogens with one attached hydrogen (secondary N) is 2. The quantitative estimate of drug-likeness (QED) is 0.313. The second-order valence-electron chi connectivity index (χ2n) is 9.02. The molecule has 1 aliphatic heterocycles. The molecular weight excluding hydrogens is 531 g/mol. The van der Waals surface area contributed by atoms with Gasteiger partial charge in [0.15, 0.2) is 11.8 Å². The summed E-state index contributed by atoms with van der Waals surface area (Å²) in [6.45, 7) is 3.93. The molecule has 1 aliphatic carbocycles. The average Bonchev–Trinajstić information content (AvgIpc) is 3.14. The minimum atomic E-state index is 0. The van der Waals surface area contributed by atoms with Crippen molar-refractivity contribution in [2.24, 2.45) is 12.0 Å². The Morgan fingerprint density at radius 2 is 1.97 bits per heavy atom. The van der Waals surface area contributed by atoms with Crippen LogP contribution in [-0.4, -0.2) is 46.1 Å². The zero-order valence-corrected chi connectivity index (χ0v) is 22.3. The molecule has 0 amide bonds. The second kappa shape index (κ2) is 12.0. The van der Waals surface area contributed by atoms with Crippen molar-refractivity contribution >= 4 is 29.9 Å². The lowest BCUT2D eigenvalue weighted by Crippen LogP contribution is -2.52. The summed E-state index contributed by atoms with van der Waals surface area (Å²) in [5.74, 6) is 3.44. The van der Waals surface area contributed by atoms with Gasteiger partial charge >= 0.3 is 0 Å². The van der Waals surface area contributed by atoms with Gasteiger partial charge in [-0.15, -0.1) is 34.2 Å². The molecule has 1 atom stereocenters. The van der Waals surface area contributed by atoms with Gasteiger partial charge in [0.1, 0.15) is 11.6 Å². The SMILES string of the molecule is COc1ccc(CN=C(NCc2nnc(C)n2C)NC2CCOC3(CCCCC3)C2)cc1.I. The lowest BCUT2D eigenvalue weighted by Gasteiger charge is -2.44. The van der Waals surface area contributed by atoms with Gasteiger partial charge in [-0.1, -0.05) is 31.4 Å². The number of rotatable bonds is 6. The maximum absolute atomic E-state index is 6.28. The average molecular weight is 569 g/mol. The van der Waals surface area contributed by atoms with E-state index in [-0.39, 0.29) is 29.6 Å². The summed E-state index contributed by atoms with van der Waals surface area (Å²) in [7, 11) is 3.67. The third-order valence-corrected chi connectivity index (χ3v) is 6.77. The van der Waals surface area contributed by atoms with E-state index in [1.807, 2.05) is 30.7 Å². The Kier molecular flexibility index (Phi) is 9.37. The van der Waals surface area contributed by atoms with Crippen LogP contribution in [0.4, 0.5) is 0 Å². The van der Waals surface area contributed by atoms with Crippen molar-refractivity contribution in [3.63, 3.8) is 0 Å². The van der Waals surface area contributed by atoms with Crippen LogP contribution in [0.1, 0.15) is 62.2 Å². The summed E-state index contributed by atoms with van der Waals surface area (Å²) in [5, 5.41) is 15.6. The first-order valence-electron chi connectivity index (χ1n) is 11.7. The van der Waals surface area contributed by atoms with Crippen LogP contribution in [0.5, 0.6) is 5.75 Å². The number of ether oxygens (including phenoxy) is 2. The Bertz CT molecular complexity index is 903. The summed E-state index contributed by atoms with van der Waals surface area (Å²) >= 11 is 0. The Balaban J connectivity index is 0.00000306. The summed E-state index contributed by atoms with van der Waals surface area (Å²) in [6, 6.07) is 8.40. The molecule has 33 heavy (non-hydrogen) atoms. The standard InChI is InChI=1S/C24H36N6O2.HI/c1-18-28-29-22(30(18)2)17-26-23(25-16-19-7-9-21(31-3)10-8-19)27-20-11-14-32-24(15-20)12-5-4-6-13-24;/h7-10,20H,4-6,11-17H2,1-3H3,(H2,25,26,27);1H. The van der Waals surface area contributed by atoms with E-state index in [9.17, 15) is 0 Å². The molecule has 1 saturated carbocycles. The van der Waals surface area contributed by atoms with Crippen LogP contribution in [0, 0.1) is 6.92 Å². The number of benzene rings is 1. The van der Waals surface area contributed by atoms with Gasteiger partial charge in [-0.25, -0.2) is 4.99 Å². The second-order valence-corrected chi connectivity index (χ2v) is 9.02. The first-order valence-corrected chi connectivity index (χ1v) is 11.7. The highest BCUT2D eigenvalue weighted by Gasteiger charge is 2.38. The monoisotopic (exact) mass is 568 g/mol. The van der Waals surface area contributed by atoms with E-state index in [1.165, 1.54) is 32.1 Å². The van der Waals surface area contributed by atoms with Crippen LogP contribution in [0.2, 0.25) is 0 Å². The van der Waals surface area contributed by atoms with Crippen LogP contribution in [0.15, 0.2) is 29.3 Å². The lowest BCUT2D eigenvalue weighted by molar-refractivity contribution is -0.107. The number of hydrogen-bond donors (Lipinski definition) is 2. The van der Waals surface area contributed by atoms with Gasteiger partial charge in [-0.3, -0.25) is 0 Å². The third kappa shape index (κ3) is 6.81. The smallest absolute Gasteiger partial charge is 0.192 e. The van der Waals surface area contributed by atoms with E-state index in [4.69, 9.17) is 14.5 Å². The lowest BCUT2D eigenvalue weighted by atomic mass is 9.78. The molecule has 1 spiro atoms. The summed E-state index contributed by atoms with van der Waals surface area (Å²) < 4.78 is 13.5. The molecule has 8 nitrogen and oxygen atoms in total. The molecule has 2 N–H and O–H groups in total. The Hall–Kier alpha value is -1.88. The van der Waals surface area contributed by atoms with Crippen molar-refractivity contribution in [2.45, 2.75) is 76.6 Å². The Morgan fingerprint density at radius 3 is 2.64 bits per heavy atom. The number of guanidine groups is 1. The molecule has 1 aromatic carbocycles. The van der Waals surface area contributed by atoms with Gasteiger partial charge in [0.05, 0.1) is 25.8 Å². The molecule has 0 radical (unpaired) electrons. The number of nitrogens with zero attached hydrogens (tertiary/aromatic N) is 4. The van der Waals surface area contributed by atoms with Crippen molar-refractivity contribution in [1.82, 2.24) is 25.4 Å². The Morgan fingerprint density at radius 1 is 1.21 bits per heavy atom. The molecule has 4 rings (SSSR count). The van der Waals surface area contributed by atoms with Gasteiger partial charge in [0.25, 0.3) is 0 Å². The predicted molar refractivity (Wildman–Crippen MR) is 140 cm³/mol. The van der Waals surface area contributed by atoms with E-state index < -0.39 is 0 Å². The fourth-order valence-corrected chi connectivity index (χ4v) is 4.71. The van der Waals surface area contributed by atoms with Gasteiger partial charge in [-0.2, -0.15) is 0 Å². The van der Waals surface area contributed by atoms with Crippen LogP contribution in [-0.2, 0) is 24.9 Å². The molecule has 1 unspecified atom stereocenters.